The van der Waals surface area contributed by atoms with Crippen molar-refractivity contribution in [1.29, 1.82) is 0 Å². The van der Waals surface area contributed by atoms with Gasteiger partial charge in [-0.05, 0) is 58.8 Å². The molecule has 1 saturated carbocycles. The lowest BCUT2D eigenvalue weighted by atomic mass is 9.62. The largest absolute Gasteiger partial charge is 0.389 e. The van der Waals surface area contributed by atoms with E-state index in [0.717, 1.165) is 19.3 Å². The van der Waals surface area contributed by atoms with E-state index in [1.54, 1.807) is 0 Å². The van der Waals surface area contributed by atoms with E-state index in [0.29, 0.717) is 5.92 Å². The Kier molecular flexibility index (Phi) is 4.10. The van der Waals surface area contributed by atoms with Crippen LogP contribution in [0.5, 0.6) is 0 Å². The zero-order chi connectivity index (χ0) is 16.1. The minimum Gasteiger partial charge on any atom is -0.389 e. The highest BCUT2D eigenvalue weighted by molar-refractivity contribution is 5.22. The Morgan fingerprint density at radius 1 is 1.00 bits per heavy atom. The second-order valence-corrected chi connectivity index (χ2v) is 8.17. The van der Waals surface area contributed by atoms with Gasteiger partial charge in [0.25, 0.3) is 0 Å². The molecule has 21 heavy (non-hydrogen) atoms. The first-order valence-electron chi connectivity index (χ1n) is 8.25. The monoisotopic (exact) mass is 296 g/mol. The summed E-state index contributed by atoms with van der Waals surface area (Å²) in [6, 6.07) is 0. The van der Waals surface area contributed by atoms with E-state index in [4.69, 9.17) is 9.78 Å². The fourth-order valence-electron chi connectivity index (χ4n) is 4.24. The molecule has 2 rings (SSSR count). The van der Waals surface area contributed by atoms with Crippen LogP contribution in [0.1, 0.15) is 67.7 Å². The lowest BCUT2D eigenvalue weighted by molar-refractivity contribution is -0.423. The summed E-state index contributed by atoms with van der Waals surface area (Å²) >= 11 is 0. The number of hydrogen-bond donors (Lipinski definition) is 1. The zero-order valence-corrected chi connectivity index (χ0v) is 14.7. The molecule has 0 radical (unpaired) electrons. The molecule has 1 heterocycles. The minimum absolute atomic E-state index is 0.195. The smallest absolute Gasteiger partial charge is 0.112 e. The summed E-state index contributed by atoms with van der Waals surface area (Å²) in [5.74, 6) is 0.509. The van der Waals surface area contributed by atoms with Crippen molar-refractivity contribution in [3.63, 3.8) is 0 Å². The molecule has 5 unspecified atom stereocenters. The van der Waals surface area contributed by atoms with Gasteiger partial charge in [0.15, 0.2) is 0 Å². The molecule has 0 amide bonds. The van der Waals surface area contributed by atoms with E-state index >= 15 is 0 Å². The van der Waals surface area contributed by atoms with Crippen molar-refractivity contribution in [2.45, 2.75) is 84.5 Å². The standard InChI is InChI=1S/C18H32O3/c1-8-9-16(6)17(7)10-11-18(16,19)14(3)12-13(2)15(4,5)20-21-17/h8-9,13-14,19H,10-12H2,1-7H3. The maximum absolute atomic E-state index is 11.5. The molecule has 1 aliphatic heterocycles. The molecular weight excluding hydrogens is 264 g/mol. The number of aliphatic hydroxyl groups is 1. The van der Waals surface area contributed by atoms with Crippen molar-refractivity contribution in [3.05, 3.63) is 12.2 Å². The Bertz CT molecular complexity index is 430. The molecule has 2 fully saturated rings. The van der Waals surface area contributed by atoms with E-state index in [2.05, 4.69) is 47.6 Å². The van der Waals surface area contributed by atoms with Gasteiger partial charge in [-0.3, -0.25) is 0 Å². The van der Waals surface area contributed by atoms with Gasteiger partial charge in [0.05, 0.1) is 5.60 Å². The van der Waals surface area contributed by atoms with Crippen LogP contribution in [0.3, 0.4) is 0 Å². The first-order valence-corrected chi connectivity index (χ1v) is 8.25. The molecule has 0 spiro atoms. The molecule has 1 saturated heterocycles. The number of allylic oxidation sites excluding steroid dienone is 1. The molecule has 1 N–H and O–H groups in total. The fraction of sp³-hybridized carbons (Fsp3) is 0.889. The average Bonchev–Trinajstić information content (AvgIpc) is 2.60. The molecule has 5 atom stereocenters. The maximum atomic E-state index is 11.5. The highest BCUT2D eigenvalue weighted by Gasteiger charge is 2.66. The molecule has 0 aromatic heterocycles. The fourth-order valence-corrected chi connectivity index (χ4v) is 4.24. The van der Waals surface area contributed by atoms with Crippen LogP contribution in [0.25, 0.3) is 0 Å². The van der Waals surface area contributed by atoms with Gasteiger partial charge in [-0.25, -0.2) is 9.78 Å². The molecule has 3 nitrogen and oxygen atoms in total. The van der Waals surface area contributed by atoms with E-state index in [1.807, 2.05) is 13.0 Å². The second kappa shape index (κ2) is 5.07. The van der Waals surface area contributed by atoms with Gasteiger partial charge in [0.1, 0.15) is 11.2 Å². The van der Waals surface area contributed by atoms with Gasteiger partial charge in [-0.2, -0.15) is 0 Å². The Morgan fingerprint density at radius 2 is 1.62 bits per heavy atom. The number of hydrogen-bond acceptors (Lipinski definition) is 3. The van der Waals surface area contributed by atoms with Gasteiger partial charge in [-0.1, -0.05) is 32.9 Å². The van der Waals surface area contributed by atoms with Gasteiger partial charge in [0, 0.05) is 5.41 Å². The highest BCUT2D eigenvalue weighted by Crippen LogP contribution is 2.60. The van der Waals surface area contributed by atoms with Gasteiger partial charge in [-0.15, -0.1) is 0 Å². The molecule has 1 aliphatic carbocycles. The summed E-state index contributed by atoms with van der Waals surface area (Å²) in [7, 11) is 0. The molecule has 2 bridgehead atoms. The van der Waals surface area contributed by atoms with Crippen LogP contribution in [-0.4, -0.2) is 21.9 Å². The van der Waals surface area contributed by atoms with Crippen molar-refractivity contribution in [1.82, 2.24) is 0 Å². The molecule has 122 valence electrons. The zero-order valence-electron chi connectivity index (χ0n) is 14.7. The topological polar surface area (TPSA) is 38.7 Å². The van der Waals surface area contributed by atoms with Crippen molar-refractivity contribution < 1.29 is 14.9 Å². The second-order valence-electron chi connectivity index (χ2n) is 8.17. The lowest BCUT2D eigenvalue weighted by Gasteiger charge is -2.47. The van der Waals surface area contributed by atoms with Crippen LogP contribution in [0, 0.1) is 17.3 Å². The summed E-state index contributed by atoms with van der Waals surface area (Å²) in [5.41, 5.74) is -2.07. The molecule has 2 aliphatic rings. The van der Waals surface area contributed by atoms with Crippen molar-refractivity contribution in [3.8, 4) is 0 Å². The number of fused-ring (bicyclic) bond motifs is 2. The van der Waals surface area contributed by atoms with Crippen molar-refractivity contribution in [2.24, 2.45) is 17.3 Å². The summed E-state index contributed by atoms with van der Waals surface area (Å²) < 4.78 is 0. The third-order valence-corrected chi connectivity index (χ3v) is 6.63. The van der Waals surface area contributed by atoms with Crippen LogP contribution < -0.4 is 0 Å². The van der Waals surface area contributed by atoms with Gasteiger partial charge >= 0.3 is 0 Å². The van der Waals surface area contributed by atoms with Crippen molar-refractivity contribution in [2.75, 3.05) is 0 Å². The quantitative estimate of drug-likeness (QED) is 0.580. The summed E-state index contributed by atoms with van der Waals surface area (Å²) in [6.45, 7) is 14.7. The van der Waals surface area contributed by atoms with E-state index in [1.165, 1.54) is 0 Å². The maximum Gasteiger partial charge on any atom is 0.112 e. The molecular formula is C18H32O3. The van der Waals surface area contributed by atoms with Crippen molar-refractivity contribution >= 4 is 0 Å². The van der Waals surface area contributed by atoms with Gasteiger partial charge in [0.2, 0.25) is 0 Å². The summed E-state index contributed by atoms with van der Waals surface area (Å²) in [6.07, 6.45) is 6.62. The summed E-state index contributed by atoms with van der Waals surface area (Å²) in [4.78, 5) is 11.9. The third kappa shape index (κ3) is 2.29. The predicted molar refractivity (Wildman–Crippen MR) is 84.7 cm³/mol. The van der Waals surface area contributed by atoms with Crippen LogP contribution in [0.15, 0.2) is 12.2 Å². The van der Waals surface area contributed by atoms with Crippen LogP contribution >= 0.6 is 0 Å². The third-order valence-electron chi connectivity index (χ3n) is 6.63. The Hall–Kier alpha value is -0.380. The Labute approximate surface area is 129 Å². The Morgan fingerprint density at radius 3 is 2.19 bits per heavy atom. The van der Waals surface area contributed by atoms with E-state index in [-0.39, 0.29) is 11.5 Å². The minimum atomic E-state index is -0.758. The van der Waals surface area contributed by atoms with E-state index < -0.39 is 16.6 Å². The number of rotatable bonds is 1. The lowest BCUT2D eigenvalue weighted by Crippen LogP contribution is -2.55. The Balaban J connectivity index is 2.54. The normalized spacial score (nSPS) is 50.7. The first-order chi connectivity index (χ1) is 9.52. The van der Waals surface area contributed by atoms with Crippen LogP contribution in [0.2, 0.25) is 0 Å². The van der Waals surface area contributed by atoms with Crippen LogP contribution in [-0.2, 0) is 9.78 Å². The highest BCUT2D eigenvalue weighted by atomic mass is 17.2. The molecule has 0 aromatic rings. The SMILES string of the molecule is CC=CC1(C)C2(C)CCC1(O)C(C)CC(C)C(C)(C)OO2. The van der Waals surface area contributed by atoms with E-state index in [9.17, 15) is 5.11 Å². The molecule has 0 aromatic carbocycles. The van der Waals surface area contributed by atoms with Crippen LogP contribution in [0.4, 0.5) is 0 Å². The molecule has 3 heteroatoms. The first kappa shape index (κ1) is 17.0. The predicted octanol–water partition coefficient (Wildman–Crippen LogP) is 4.26. The van der Waals surface area contributed by atoms with Gasteiger partial charge < -0.3 is 5.11 Å². The summed E-state index contributed by atoms with van der Waals surface area (Å²) in [5, 5.41) is 11.5. The average molecular weight is 296 g/mol.